The van der Waals surface area contributed by atoms with Gasteiger partial charge in [0.25, 0.3) is 11.8 Å². The van der Waals surface area contributed by atoms with E-state index in [0.29, 0.717) is 5.69 Å². The molecule has 0 saturated carbocycles. The van der Waals surface area contributed by atoms with Crippen molar-refractivity contribution in [3.8, 4) is 0 Å². The fraction of sp³-hybridized carbons (Fsp3) is 0.647. The highest BCUT2D eigenvalue weighted by Gasteiger charge is 2.41. The van der Waals surface area contributed by atoms with Gasteiger partial charge in [-0.25, -0.2) is 18.4 Å². The Hall–Kier alpha value is -5.22. The number of carboxylic acids is 1. The first kappa shape index (κ1) is 45.2. The molecule has 1 unspecified atom stereocenters. The zero-order valence-electron chi connectivity index (χ0n) is 31.1. The summed E-state index contributed by atoms with van der Waals surface area (Å²) >= 11 is 0. The number of hydrogen-bond acceptors (Lipinski definition) is 11. The summed E-state index contributed by atoms with van der Waals surface area (Å²) in [6.45, 7) is 1.31. The van der Waals surface area contributed by atoms with Gasteiger partial charge in [0.1, 0.15) is 12.1 Å². The van der Waals surface area contributed by atoms with E-state index in [1.54, 1.807) is 0 Å². The number of pyridine rings is 1. The number of likely N-dealkylation sites (tertiary alicyclic amines) is 1. The molecule has 0 bridgehead atoms. The van der Waals surface area contributed by atoms with Crippen LogP contribution in [0.3, 0.4) is 0 Å². The number of carbonyl (C=O) groups is 7. The number of nitrogens with zero attached hydrogens (tertiary/aromatic N) is 5. The Morgan fingerprint density at radius 1 is 0.821 bits per heavy atom. The van der Waals surface area contributed by atoms with Crippen LogP contribution in [0.4, 0.5) is 18.4 Å². The molecule has 1 aromatic rings. The second kappa shape index (κ2) is 22.4. The van der Waals surface area contributed by atoms with E-state index in [0.717, 1.165) is 14.7 Å². The molecule has 1 aromatic heterocycles. The molecule has 2 aliphatic heterocycles. The van der Waals surface area contributed by atoms with E-state index in [9.17, 15) is 57.7 Å². The van der Waals surface area contributed by atoms with Crippen molar-refractivity contribution in [1.29, 1.82) is 0 Å². The number of halogens is 2. The number of rotatable bonds is 19. The fourth-order valence-electron chi connectivity index (χ4n) is 5.87. The Morgan fingerprint density at radius 3 is 2.02 bits per heavy atom. The third-order valence-corrected chi connectivity index (χ3v) is 9.02. The van der Waals surface area contributed by atoms with Crippen LogP contribution in [0.25, 0.3) is 0 Å². The van der Waals surface area contributed by atoms with Gasteiger partial charge in [-0.2, -0.15) is 0 Å². The van der Waals surface area contributed by atoms with Gasteiger partial charge in [-0.05, 0) is 25.5 Å². The van der Waals surface area contributed by atoms with Gasteiger partial charge in [-0.1, -0.05) is 0 Å². The summed E-state index contributed by atoms with van der Waals surface area (Å²) in [7, 11) is 0. The van der Waals surface area contributed by atoms with E-state index in [2.05, 4.69) is 20.9 Å². The molecule has 2 fully saturated rings. The number of alkyl halides is 2. The van der Waals surface area contributed by atoms with E-state index in [1.807, 2.05) is 0 Å². The van der Waals surface area contributed by atoms with Gasteiger partial charge in [0, 0.05) is 83.4 Å². The molecule has 312 valence electrons. The number of aliphatic carboxylic acids is 1. The van der Waals surface area contributed by atoms with E-state index in [1.165, 1.54) is 30.2 Å². The first-order chi connectivity index (χ1) is 26.6. The number of carbonyl (C=O) groups excluding carboxylic acids is 4. The van der Waals surface area contributed by atoms with E-state index in [4.69, 9.17) is 9.47 Å². The predicted octanol–water partition coefficient (Wildman–Crippen LogP) is -0.268. The maximum Gasteiger partial charge on any atom is 0.407 e. The van der Waals surface area contributed by atoms with Crippen LogP contribution in [0.1, 0.15) is 48.7 Å². The second-order valence-corrected chi connectivity index (χ2v) is 13.2. The molecule has 2 aliphatic rings. The van der Waals surface area contributed by atoms with Gasteiger partial charge in [-0.15, -0.1) is 0 Å². The maximum atomic E-state index is 13.5. The van der Waals surface area contributed by atoms with Crippen molar-refractivity contribution in [3.05, 3.63) is 29.6 Å². The minimum Gasteiger partial charge on any atom is -0.480 e. The molecule has 0 aliphatic carbocycles. The lowest BCUT2D eigenvalue weighted by Crippen LogP contribution is -2.47. The molecule has 6 amide bonds. The average Bonchev–Trinajstić information content (AvgIpc) is 3.56. The molecule has 22 heteroatoms. The van der Waals surface area contributed by atoms with Crippen LogP contribution in [0.5, 0.6) is 0 Å². The Labute approximate surface area is 321 Å². The van der Waals surface area contributed by atoms with Crippen LogP contribution >= 0.6 is 0 Å². The number of aromatic nitrogens is 1. The highest BCUT2D eigenvalue weighted by atomic mass is 19.3. The third-order valence-electron chi connectivity index (χ3n) is 9.02. The van der Waals surface area contributed by atoms with Crippen LogP contribution in [0.2, 0.25) is 0 Å². The standard InChI is InChI=1S/C34H50F2N8O12/c1-23(30(48)44-9-6-34(35,36)22-44)40-29(47)24-4-7-37-25(20-24)21-39-28(46)5-16-55-18-19-56-17-8-38-27(45)3-2-26(31(49)50)41-10-12-42(32(51)52)14-15-43(13-11-41)33(53)54/h4,7,20,23,26H,2-3,5-6,8-19,21-22H2,1H3,(H,38,45)(H,39,46)(H,40,47)(H,49,50)(H,51,52)(H,53,54)/t23-,26?/m0/s1. The summed E-state index contributed by atoms with van der Waals surface area (Å²) in [5, 5.41) is 36.4. The van der Waals surface area contributed by atoms with Crippen molar-refractivity contribution in [3.63, 3.8) is 0 Å². The number of ether oxygens (including phenoxy) is 2. The van der Waals surface area contributed by atoms with Crippen LogP contribution in [0, 0.1) is 0 Å². The van der Waals surface area contributed by atoms with Crippen LogP contribution in [0.15, 0.2) is 18.3 Å². The van der Waals surface area contributed by atoms with Crippen molar-refractivity contribution in [2.24, 2.45) is 0 Å². The van der Waals surface area contributed by atoms with E-state index in [-0.39, 0.29) is 116 Å². The molecule has 3 heterocycles. The molecule has 56 heavy (non-hydrogen) atoms. The zero-order chi connectivity index (χ0) is 41.3. The molecule has 0 spiro atoms. The lowest BCUT2D eigenvalue weighted by Gasteiger charge is -2.30. The minimum atomic E-state index is -2.94. The van der Waals surface area contributed by atoms with Gasteiger partial charge in [0.05, 0.1) is 45.2 Å². The van der Waals surface area contributed by atoms with Gasteiger partial charge in [-0.3, -0.25) is 33.9 Å². The Balaban J connectivity index is 1.26. The lowest BCUT2D eigenvalue weighted by atomic mass is 10.1. The second-order valence-electron chi connectivity index (χ2n) is 13.2. The minimum absolute atomic E-state index is 0.0123. The van der Waals surface area contributed by atoms with Crippen molar-refractivity contribution in [2.45, 2.75) is 57.2 Å². The molecule has 6 N–H and O–H groups in total. The lowest BCUT2D eigenvalue weighted by molar-refractivity contribution is -0.144. The Morgan fingerprint density at radius 2 is 1.43 bits per heavy atom. The quantitative estimate of drug-likeness (QED) is 0.0986. The summed E-state index contributed by atoms with van der Waals surface area (Å²) in [6.07, 6.45) is -1.75. The topological polar surface area (TPSA) is 261 Å². The molecule has 2 saturated heterocycles. The summed E-state index contributed by atoms with van der Waals surface area (Å²) in [5.41, 5.74) is 0.548. The normalized spacial score (nSPS) is 17.2. The van der Waals surface area contributed by atoms with Crippen molar-refractivity contribution in [2.75, 3.05) is 85.3 Å². The molecule has 20 nitrogen and oxygen atoms in total. The van der Waals surface area contributed by atoms with Crippen molar-refractivity contribution >= 4 is 41.8 Å². The Kier molecular flexibility index (Phi) is 18.0. The predicted molar refractivity (Wildman–Crippen MR) is 190 cm³/mol. The average molecular weight is 801 g/mol. The van der Waals surface area contributed by atoms with E-state index < -0.39 is 66.8 Å². The van der Waals surface area contributed by atoms with E-state index >= 15 is 0 Å². The first-order valence-corrected chi connectivity index (χ1v) is 18.1. The van der Waals surface area contributed by atoms with Crippen molar-refractivity contribution in [1.82, 2.24) is 40.5 Å². The monoisotopic (exact) mass is 800 g/mol. The van der Waals surface area contributed by atoms with Gasteiger partial charge in [0.15, 0.2) is 0 Å². The maximum absolute atomic E-state index is 13.5. The highest BCUT2D eigenvalue weighted by molar-refractivity contribution is 5.97. The highest BCUT2D eigenvalue weighted by Crippen LogP contribution is 2.27. The fourth-order valence-corrected chi connectivity index (χ4v) is 5.87. The largest absolute Gasteiger partial charge is 0.480 e. The smallest absolute Gasteiger partial charge is 0.407 e. The zero-order valence-corrected chi connectivity index (χ0v) is 31.1. The van der Waals surface area contributed by atoms with Gasteiger partial charge >= 0.3 is 18.2 Å². The molecule has 0 radical (unpaired) electrons. The molecule has 2 atom stereocenters. The summed E-state index contributed by atoms with van der Waals surface area (Å²) < 4.78 is 37.7. The number of nitrogens with one attached hydrogen (secondary N) is 3. The SMILES string of the molecule is C[C@H](NC(=O)c1ccnc(CNC(=O)CCOCCOCCNC(=O)CCC(C(=O)O)N2CCN(C(=O)O)CCN(C(=O)O)CC2)c1)C(=O)N1CCC(F)(F)C1. The summed E-state index contributed by atoms with van der Waals surface area (Å²) in [6, 6.07) is 0.701. The molecular formula is C34H50F2N8O12. The molecular weight excluding hydrogens is 750 g/mol. The number of amides is 6. The number of carboxylic acid groups (broad SMARTS) is 3. The third kappa shape index (κ3) is 15.5. The van der Waals surface area contributed by atoms with Gasteiger partial charge < -0.3 is 55.4 Å². The first-order valence-electron chi connectivity index (χ1n) is 18.1. The van der Waals surface area contributed by atoms with Crippen LogP contribution < -0.4 is 16.0 Å². The number of hydrogen-bond donors (Lipinski definition) is 6. The molecule has 0 aromatic carbocycles. The Bertz CT molecular complexity index is 1510. The molecule has 3 rings (SSSR count). The summed E-state index contributed by atoms with van der Waals surface area (Å²) in [4.78, 5) is 93.5. The summed E-state index contributed by atoms with van der Waals surface area (Å²) in [5.74, 6) is -6.13. The van der Waals surface area contributed by atoms with Crippen LogP contribution in [-0.2, 0) is 35.2 Å². The van der Waals surface area contributed by atoms with Crippen molar-refractivity contribution < 1.29 is 67.1 Å². The van der Waals surface area contributed by atoms with Gasteiger partial charge in [0.2, 0.25) is 17.7 Å². The van der Waals surface area contributed by atoms with Crippen LogP contribution in [-0.4, -0.2) is 185 Å².